The van der Waals surface area contributed by atoms with Crippen molar-refractivity contribution >= 4 is 17.7 Å². The number of benzene rings is 1. The largest absolute Gasteiger partial charge is 0.497 e. The fourth-order valence-corrected chi connectivity index (χ4v) is 5.28. The van der Waals surface area contributed by atoms with Gasteiger partial charge in [0, 0.05) is 31.1 Å². The second kappa shape index (κ2) is 8.66. The second-order valence-corrected chi connectivity index (χ2v) is 8.43. The highest BCUT2D eigenvalue weighted by Gasteiger charge is 2.48. The van der Waals surface area contributed by atoms with Crippen LogP contribution in [0.25, 0.3) is 0 Å². The van der Waals surface area contributed by atoms with Crippen LogP contribution in [0.15, 0.2) is 18.2 Å². The Morgan fingerprint density at radius 3 is 2.33 bits per heavy atom. The van der Waals surface area contributed by atoms with Gasteiger partial charge >= 0.3 is 0 Å². The fourth-order valence-electron chi connectivity index (χ4n) is 5.28. The molecule has 3 unspecified atom stereocenters. The summed E-state index contributed by atoms with van der Waals surface area (Å²) in [5.41, 5.74) is 0.962. The number of methoxy groups -OCH3 is 2. The standard InChI is InChI=1S/C23H30N2O5/c1-29-15-9-10-18(20(14-15)30-2)19-8-5-12-24(19)21(26)11-13-25-22(27)16-6-3-4-7-17(16)23(25)28/h9-10,14,16-17,19H,3-8,11-13H2,1-2H3. The molecule has 0 spiro atoms. The average Bonchev–Trinajstić information content (AvgIpc) is 3.36. The number of carbonyl (C=O) groups excluding carboxylic acids is 3. The molecule has 1 saturated carbocycles. The van der Waals surface area contributed by atoms with Crippen molar-refractivity contribution < 1.29 is 23.9 Å². The molecule has 1 aliphatic carbocycles. The van der Waals surface area contributed by atoms with E-state index in [0.717, 1.165) is 44.1 Å². The van der Waals surface area contributed by atoms with Gasteiger partial charge in [-0.05, 0) is 37.8 Å². The van der Waals surface area contributed by atoms with Gasteiger partial charge in [0.15, 0.2) is 0 Å². The number of carbonyl (C=O) groups is 3. The summed E-state index contributed by atoms with van der Waals surface area (Å²) in [4.78, 5) is 41.6. The first-order valence-electron chi connectivity index (χ1n) is 10.9. The van der Waals surface area contributed by atoms with Crippen LogP contribution in [0.2, 0.25) is 0 Å². The fraction of sp³-hybridized carbons (Fsp3) is 0.609. The maximum absolute atomic E-state index is 13.0. The summed E-state index contributed by atoms with van der Waals surface area (Å²) >= 11 is 0. The Bertz CT molecular complexity index is 815. The van der Waals surface area contributed by atoms with Crippen molar-refractivity contribution in [1.82, 2.24) is 9.80 Å². The number of likely N-dealkylation sites (tertiary alicyclic amines) is 2. The minimum absolute atomic E-state index is 0.0224. The van der Waals surface area contributed by atoms with Gasteiger partial charge in [-0.3, -0.25) is 19.3 Å². The minimum Gasteiger partial charge on any atom is -0.497 e. The van der Waals surface area contributed by atoms with Crippen LogP contribution in [0.5, 0.6) is 11.5 Å². The lowest BCUT2D eigenvalue weighted by Crippen LogP contribution is -2.37. The van der Waals surface area contributed by atoms with Crippen LogP contribution in [0.3, 0.4) is 0 Å². The molecular weight excluding hydrogens is 384 g/mol. The van der Waals surface area contributed by atoms with Gasteiger partial charge in [-0.25, -0.2) is 0 Å². The van der Waals surface area contributed by atoms with Crippen LogP contribution in [-0.2, 0) is 14.4 Å². The highest BCUT2D eigenvalue weighted by molar-refractivity contribution is 6.05. The van der Waals surface area contributed by atoms with Crippen molar-refractivity contribution in [2.45, 2.75) is 51.0 Å². The van der Waals surface area contributed by atoms with Gasteiger partial charge in [-0.15, -0.1) is 0 Å². The molecule has 3 amide bonds. The Balaban J connectivity index is 1.43. The van der Waals surface area contributed by atoms with Gasteiger partial charge in [0.1, 0.15) is 11.5 Å². The molecule has 7 heteroatoms. The molecule has 4 rings (SSSR count). The van der Waals surface area contributed by atoms with E-state index in [1.165, 1.54) is 4.90 Å². The molecule has 3 fully saturated rings. The Kier molecular flexibility index (Phi) is 5.97. The number of ether oxygens (including phenoxy) is 2. The van der Waals surface area contributed by atoms with Crippen LogP contribution in [-0.4, -0.2) is 54.8 Å². The van der Waals surface area contributed by atoms with E-state index in [1.54, 1.807) is 14.2 Å². The van der Waals surface area contributed by atoms with E-state index in [-0.39, 0.29) is 48.6 Å². The Morgan fingerprint density at radius 1 is 1.00 bits per heavy atom. The molecule has 1 aromatic rings. The number of nitrogens with zero attached hydrogens (tertiary/aromatic N) is 2. The van der Waals surface area contributed by atoms with Crippen molar-refractivity contribution in [2.75, 3.05) is 27.3 Å². The molecule has 2 aliphatic heterocycles. The van der Waals surface area contributed by atoms with Crippen LogP contribution < -0.4 is 9.47 Å². The Morgan fingerprint density at radius 2 is 1.70 bits per heavy atom. The minimum atomic E-state index is -0.163. The van der Waals surface area contributed by atoms with E-state index in [0.29, 0.717) is 18.0 Å². The molecule has 162 valence electrons. The zero-order valence-electron chi connectivity index (χ0n) is 17.8. The van der Waals surface area contributed by atoms with Gasteiger partial charge in [0.2, 0.25) is 17.7 Å². The van der Waals surface area contributed by atoms with Crippen molar-refractivity contribution in [3.8, 4) is 11.5 Å². The topological polar surface area (TPSA) is 76.2 Å². The maximum Gasteiger partial charge on any atom is 0.233 e. The maximum atomic E-state index is 13.0. The van der Waals surface area contributed by atoms with Crippen molar-refractivity contribution in [3.05, 3.63) is 23.8 Å². The number of hydrogen-bond acceptors (Lipinski definition) is 5. The first kappa shape index (κ1) is 20.7. The molecule has 2 saturated heterocycles. The summed E-state index contributed by atoms with van der Waals surface area (Å²) in [7, 11) is 3.22. The van der Waals surface area contributed by atoms with Crippen molar-refractivity contribution in [3.63, 3.8) is 0 Å². The van der Waals surface area contributed by atoms with Crippen LogP contribution in [0.1, 0.15) is 56.6 Å². The SMILES string of the molecule is COc1ccc(C2CCCN2C(=O)CCN2C(=O)C3CCCCC3C2=O)c(OC)c1. The van der Waals surface area contributed by atoms with Gasteiger partial charge < -0.3 is 14.4 Å². The van der Waals surface area contributed by atoms with Gasteiger partial charge in [-0.2, -0.15) is 0 Å². The lowest BCUT2D eigenvalue weighted by Gasteiger charge is -2.27. The molecule has 0 radical (unpaired) electrons. The smallest absolute Gasteiger partial charge is 0.233 e. The van der Waals surface area contributed by atoms with Crippen molar-refractivity contribution in [2.24, 2.45) is 11.8 Å². The zero-order chi connectivity index (χ0) is 21.3. The summed E-state index contributed by atoms with van der Waals surface area (Å²) in [6.07, 6.45) is 5.55. The summed E-state index contributed by atoms with van der Waals surface area (Å²) in [6.45, 7) is 0.859. The normalized spacial score (nSPS) is 26.1. The molecule has 0 N–H and O–H groups in total. The van der Waals surface area contributed by atoms with Crippen LogP contribution in [0, 0.1) is 11.8 Å². The second-order valence-electron chi connectivity index (χ2n) is 8.43. The molecule has 30 heavy (non-hydrogen) atoms. The molecule has 0 bridgehead atoms. The summed E-state index contributed by atoms with van der Waals surface area (Å²) < 4.78 is 10.8. The van der Waals surface area contributed by atoms with Gasteiger partial charge in [0.05, 0.1) is 32.1 Å². The Labute approximate surface area is 177 Å². The number of hydrogen-bond donors (Lipinski definition) is 0. The summed E-state index contributed by atoms with van der Waals surface area (Å²) in [5, 5.41) is 0. The van der Waals surface area contributed by atoms with Crippen LogP contribution in [0.4, 0.5) is 0 Å². The predicted octanol–water partition coefficient (Wildman–Crippen LogP) is 2.93. The first-order chi connectivity index (χ1) is 14.5. The molecule has 3 atom stereocenters. The van der Waals surface area contributed by atoms with E-state index in [1.807, 2.05) is 23.1 Å². The average molecular weight is 415 g/mol. The number of fused-ring (bicyclic) bond motifs is 1. The zero-order valence-corrected chi connectivity index (χ0v) is 17.8. The third-order valence-corrected chi connectivity index (χ3v) is 6.85. The van der Waals surface area contributed by atoms with E-state index in [4.69, 9.17) is 9.47 Å². The lowest BCUT2D eigenvalue weighted by molar-refractivity contribution is -0.141. The third kappa shape index (κ3) is 3.66. The molecule has 3 aliphatic rings. The predicted molar refractivity (Wildman–Crippen MR) is 110 cm³/mol. The Hall–Kier alpha value is -2.57. The van der Waals surface area contributed by atoms with E-state index < -0.39 is 0 Å². The monoisotopic (exact) mass is 414 g/mol. The quantitative estimate of drug-likeness (QED) is 0.669. The number of amides is 3. The van der Waals surface area contributed by atoms with Gasteiger partial charge in [-0.1, -0.05) is 12.8 Å². The van der Waals surface area contributed by atoms with Crippen LogP contribution >= 0.6 is 0 Å². The van der Waals surface area contributed by atoms with E-state index >= 15 is 0 Å². The summed E-state index contributed by atoms with van der Waals surface area (Å²) in [5.74, 6) is 0.909. The number of imide groups is 1. The highest BCUT2D eigenvalue weighted by Crippen LogP contribution is 2.40. The van der Waals surface area contributed by atoms with E-state index in [9.17, 15) is 14.4 Å². The molecule has 0 aromatic heterocycles. The molecular formula is C23H30N2O5. The molecule has 7 nitrogen and oxygen atoms in total. The van der Waals surface area contributed by atoms with Crippen molar-refractivity contribution in [1.29, 1.82) is 0 Å². The third-order valence-electron chi connectivity index (χ3n) is 6.85. The number of rotatable bonds is 6. The first-order valence-corrected chi connectivity index (χ1v) is 10.9. The molecule has 2 heterocycles. The van der Waals surface area contributed by atoms with E-state index in [2.05, 4.69) is 0 Å². The summed E-state index contributed by atoms with van der Waals surface area (Å²) in [6, 6.07) is 5.60. The molecule has 1 aromatic carbocycles. The van der Waals surface area contributed by atoms with Gasteiger partial charge in [0.25, 0.3) is 0 Å². The lowest BCUT2D eigenvalue weighted by atomic mass is 9.81. The highest BCUT2D eigenvalue weighted by atomic mass is 16.5.